The Hall–Kier alpha value is -3.12. The van der Waals surface area contributed by atoms with Gasteiger partial charge in [-0.05, 0) is 51.6 Å². The van der Waals surface area contributed by atoms with Gasteiger partial charge in [-0.15, -0.1) is 5.10 Å². The van der Waals surface area contributed by atoms with Crippen LogP contribution in [0.15, 0.2) is 85.2 Å². The summed E-state index contributed by atoms with van der Waals surface area (Å²) in [5.41, 5.74) is 3.00. The number of hydrogen-bond donors (Lipinski definition) is 4. The van der Waals surface area contributed by atoms with Crippen molar-refractivity contribution in [1.82, 2.24) is 25.1 Å². The zero-order valence-corrected chi connectivity index (χ0v) is 24.3. The van der Waals surface area contributed by atoms with Crippen LogP contribution in [0.1, 0.15) is 47.6 Å². The first kappa shape index (κ1) is 30.3. The van der Waals surface area contributed by atoms with Crippen LogP contribution >= 0.6 is 8.45 Å². The second-order valence-corrected chi connectivity index (χ2v) is 11.5. The largest absolute Gasteiger partial charge is 0.396 e. The molecule has 2 heterocycles. The Morgan fingerprint density at radius 3 is 2.10 bits per heavy atom. The van der Waals surface area contributed by atoms with Gasteiger partial charge in [0, 0.05) is 19.6 Å². The molecule has 0 saturated carbocycles. The molecule has 5 rings (SSSR count). The molecule has 12 heteroatoms. The van der Waals surface area contributed by atoms with Gasteiger partial charge < -0.3 is 29.3 Å². The summed E-state index contributed by atoms with van der Waals surface area (Å²) >= 11 is 0. The van der Waals surface area contributed by atoms with Gasteiger partial charge in [0.25, 0.3) is 0 Å². The monoisotopic (exact) mass is 593 g/mol. The van der Waals surface area contributed by atoms with E-state index < -0.39 is 26.4 Å². The number of nitrogens with one attached hydrogen (secondary N) is 1. The minimum atomic E-state index is -1.50. The summed E-state index contributed by atoms with van der Waals surface area (Å²) in [5, 5.41) is 43.7. The van der Waals surface area contributed by atoms with E-state index in [9.17, 15) is 15.3 Å². The second-order valence-electron chi connectivity index (χ2n) is 10.1. The van der Waals surface area contributed by atoms with E-state index in [0.29, 0.717) is 19.4 Å². The van der Waals surface area contributed by atoms with Crippen molar-refractivity contribution < 1.29 is 29.3 Å². The normalized spacial score (nSPS) is 19.7. The Kier molecular flexibility index (Phi) is 10.4. The van der Waals surface area contributed by atoms with Crippen molar-refractivity contribution in [2.75, 3.05) is 13.2 Å². The smallest absolute Gasteiger partial charge is 0.239 e. The fraction of sp³-hybridized carbons (Fsp3) is 0.367. The molecule has 4 unspecified atom stereocenters. The number of benzene rings is 3. The zero-order chi connectivity index (χ0) is 29.4. The van der Waals surface area contributed by atoms with Gasteiger partial charge >= 0.3 is 0 Å². The summed E-state index contributed by atoms with van der Waals surface area (Å²) in [4.78, 5) is 0. The number of aliphatic hydroxyl groups excluding tert-OH is 3. The first-order chi connectivity index (χ1) is 20.6. The molecule has 42 heavy (non-hydrogen) atoms. The third-order valence-electron chi connectivity index (χ3n) is 7.14. The molecule has 1 fully saturated rings. The van der Waals surface area contributed by atoms with Crippen molar-refractivity contribution in [1.29, 1.82) is 0 Å². The average Bonchev–Trinajstić information content (AvgIpc) is 3.70. The van der Waals surface area contributed by atoms with Crippen LogP contribution in [0.2, 0.25) is 0 Å². The molecule has 0 spiro atoms. The fourth-order valence-corrected chi connectivity index (χ4v) is 6.38. The molecule has 0 radical (unpaired) electrons. The van der Waals surface area contributed by atoms with Crippen LogP contribution in [-0.2, 0) is 32.8 Å². The number of tetrazole rings is 1. The van der Waals surface area contributed by atoms with Gasteiger partial charge in [0.15, 0.2) is 6.29 Å². The maximum Gasteiger partial charge on any atom is 0.239 e. The fourth-order valence-electron chi connectivity index (χ4n) is 5.03. The van der Waals surface area contributed by atoms with E-state index in [2.05, 4.69) is 20.6 Å². The number of aromatic nitrogens is 4. The molecule has 0 bridgehead atoms. The lowest BCUT2D eigenvalue weighted by Crippen LogP contribution is -2.41. The highest BCUT2D eigenvalue weighted by Crippen LogP contribution is 2.46. The van der Waals surface area contributed by atoms with E-state index in [1.807, 2.05) is 85.8 Å². The highest BCUT2D eigenvalue weighted by molar-refractivity contribution is 7.48. The Morgan fingerprint density at radius 2 is 1.55 bits per heavy atom. The van der Waals surface area contributed by atoms with Crippen molar-refractivity contribution in [2.24, 2.45) is 0 Å². The van der Waals surface area contributed by atoms with Gasteiger partial charge in [-0.1, -0.05) is 78.9 Å². The van der Waals surface area contributed by atoms with Crippen LogP contribution in [-0.4, -0.2) is 66.9 Å². The quantitative estimate of drug-likeness (QED) is 0.0977. The molecule has 0 aliphatic carbocycles. The average molecular weight is 594 g/mol. The summed E-state index contributed by atoms with van der Waals surface area (Å²) < 4.78 is 21.7. The van der Waals surface area contributed by atoms with Gasteiger partial charge in [-0.2, -0.15) is 4.45 Å². The number of aliphatic hydroxyl groups is 3. The van der Waals surface area contributed by atoms with E-state index >= 15 is 0 Å². The Morgan fingerprint density at radius 1 is 0.929 bits per heavy atom. The van der Waals surface area contributed by atoms with Crippen LogP contribution in [0.5, 0.6) is 0 Å². The molecule has 3 aromatic carbocycles. The highest BCUT2D eigenvalue weighted by Gasteiger charge is 2.46. The Labute approximate surface area is 246 Å². The topological polar surface area (TPSA) is 144 Å². The SMILES string of the molecule is CC1CC(OP(NCCCO)n2cnnn2)C(OC(c2ccccc2)(c2ccc(CO)cc2)c2ccc(CO)cc2)O1. The van der Waals surface area contributed by atoms with Crippen LogP contribution < -0.4 is 5.09 Å². The van der Waals surface area contributed by atoms with E-state index in [0.717, 1.165) is 27.8 Å². The van der Waals surface area contributed by atoms with E-state index in [1.54, 1.807) is 4.45 Å². The van der Waals surface area contributed by atoms with Gasteiger partial charge in [0.1, 0.15) is 18.0 Å². The van der Waals surface area contributed by atoms with Gasteiger partial charge in [-0.3, -0.25) is 5.09 Å². The maximum atomic E-state index is 9.73. The molecule has 0 amide bonds. The van der Waals surface area contributed by atoms with Crippen molar-refractivity contribution in [3.05, 3.63) is 113 Å². The van der Waals surface area contributed by atoms with Crippen LogP contribution in [0.25, 0.3) is 0 Å². The lowest BCUT2D eigenvalue weighted by Gasteiger charge is -2.39. The molecule has 4 aromatic rings. The minimum absolute atomic E-state index is 0.0465. The summed E-state index contributed by atoms with van der Waals surface area (Å²) in [6.07, 6.45) is 1.21. The number of ether oxygens (including phenoxy) is 2. The summed E-state index contributed by atoms with van der Waals surface area (Å²) in [6.45, 7) is 2.39. The summed E-state index contributed by atoms with van der Waals surface area (Å²) in [5.74, 6) is 0. The highest BCUT2D eigenvalue weighted by atomic mass is 31.2. The van der Waals surface area contributed by atoms with Crippen molar-refractivity contribution >= 4 is 8.45 Å². The Bertz CT molecular complexity index is 1310. The molecule has 4 atom stereocenters. The van der Waals surface area contributed by atoms with E-state index in [-0.39, 0.29) is 25.9 Å². The van der Waals surface area contributed by atoms with Gasteiger partial charge in [-0.25, -0.2) is 0 Å². The third-order valence-corrected chi connectivity index (χ3v) is 8.66. The molecule has 222 valence electrons. The van der Waals surface area contributed by atoms with E-state index in [1.165, 1.54) is 6.33 Å². The standard InChI is InChI=1S/C30H36N5O6P/c1-22-18-28(41-42(32-16-5-17-36)35-21-31-33-34-35)29(39-22)40-30(25-6-3-2-4-7-25,26-12-8-23(19-37)9-13-26)27-14-10-24(20-38)11-15-27/h2-4,6-15,21-22,28-29,32,36-38H,5,16-20H2,1H3. The van der Waals surface area contributed by atoms with Crippen molar-refractivity contribution in [2.45, 2.75) is 57.1 Å². The lowest BCUT2D eigenvalue weighted by molar-refractivity contribution is -0.201. The van der Waals surface area contributed by atoms with Gasteiger partial charge in [0.05, 0.1) is 19.3 Å². The maximum absolute atomic E-state index is 9.73. The first-order valence-electron chi connectivity index (χ1n) is 13.9. The first-order valence-corrected chi connectivity index (χ1v) is 15.1. The predicted molar refractivity (Wildman–Crippen MR) is 156 cm³/mol. The molecular weight excluding hydrogens is 557 g/mol. The van der Waals surface area contributed by atoms with Crippen molar-refractivity contribution in [3.63, 3.8) is 0 Å². The number of nitrogens with zero attached hydrogens (tertiary/aromatic N) is 4. The van der Waals surface area contributed by atoms with Crippen LogP contribution in [0.4, 0.5) is 0 Å². The van der Waals surface area contributed by atoms with Gasteiger partial charge in [0.2, 0.25) is 8.45 Å². The zero-order valence-electron chi connectivity index (χ0n) is 23.4. The molecular formula is C30H36N5O6P. The molecule has 1 aliphatic heterocycles. The second kappa shape index (κ2) is 14.4. The molecule has 1 aliphatic rings. The molecule has 11 nitrogen and oxygen atoms in total. The molecule has 1 saturated heterocycles. The number of rotatable bonds is 14. The lowest BCUT2D eigenvalue weighted by atomic mass is 9.79. The molecule has 1 aromatic heterocycles. The molecule has 4 N–H and O–H groups in total. The summed E-state index contributed by atoms with van der Waals surface area (Å²) in [7, 11) is -1.50. The van der Waals surface area contributed by atoms with Crippen molar-refractivity contribution in [3.8, 4) is 0 Å². The van der Waals surface area contributed by atoms with E-state index in [4.69, 9.17) is 14.0 Å². The van der Waals surface area contributed by atoms with Crippen LogP contribution in [0.3, 0.4) is 0 Å². The predicted octanol–water partition coefficient (Wildman–Crippen LogP) is 3.23. The van der Waals surface area contributed by atoms with Crippen LogP contribution in [0, 0.1) is 0 Å². The third kappa shape index (κ3) is 6.75. The summed E-state index contributed by atoms with van der Waals surface area (Å²) in [6, 6.07) is 25.3. The Balaban J connectivity index is 1.57. The minimum Gasteiger partial charge on any atom is -0.396 e. The number of hydrogen-bond acceptors (Lipinski definition) is 10.